The van der Waals surface area contributed by atoms with Gasteiger partial charge in [0, 0.05) is 35.7 Å². The van der Waals surface area contributed by atoms with E-state index < -0.39 is 0 Å². The van der Waals surface area contributed by atoms with Crippen molar-refractivity contribution >= 4 is 45.6 Å². The van der Waals surface area contributed by atoms with Crippen molar-refractivity contribution in [2.45, 2.75) is 34.1 Å². The van der Waals surface area contributed by atoms with Gasteiger partial charge < -0.3 is 10.6 Å². The summed E-state index contributed by atoms with van der Waals surface area (Å²) in [4.78, 5) is 40.5. The molecular weight excluding hydrogens is 340 g/mol. The van der Waals surface area contributed by atoms with Crippen LogP contribution in [0.3, 0.4) is 0 Å². The highest BCUT2D eigenvalue weighted by molar-refractivity contribution is 7.15. The fourth-order valence-electron chi connectivity index (χ4n) is 2.29. The second kappa shape index (κ2) is 7.89. The van der Waals surface area contributed by atoms with E-state index in [2.05, 4.69) is 20.9 Å². The predicted molar refractivity (Wildman–Crippen MR) is 99.2 cm³/mol. The fraction of sp³-hybridized carbons (Fsp3) is 0.294. The van der Waals surface area contributed by atoms with Crippen molar-refractivity contribution in [3.05, 3.63) is 34.3 Å². The van der Waals surface area contributed by atoms with Crippen molar-refractivity contribution in [3.8, 4) is 0 Å². The normalized spacial score (nSPS) is 10.2. The zero-order valence-electron chi connectivity index (χ0n) is 14.5. The molecule has 8 heteroatoms. The number of rotatable bonds is 5. The first-order chi connectivity index (χ1) is 11.8. The number of benzene rings is 1. The maximum absolute atomic E-state index is 12.5. The third kappa shape index (κ3) is 5.12. The van der Waals surface area contributed by atoms with Gasteiger partial charge in [0.2, 0.25) is 11.8 Å². The largest absolute Gasteiger partial charge is 0.326 e. The number of aryl methyl sites for hydroxylation is 2. The quantitative estimate of drug-likeness (QED) is 0.762. The van der Waals surface area contributed by atoms with Crippen LogP contribution in [0.1, 0.15) is 41.7 Å². The van der Waals surface area contributed by atoms with Crippen LogP contribution >= 0.6 is 11.3 Å². The van der Waals surface area contributed by atoms with Crippen LogP contribution in [0.4, 0.5) is 16.5 Å². The van der Waals surface area contributed by atoms with Crippen LogP contribution in [-0.2, 0) is 16.0 Å². The van der Waals surface area contributed by atoms with Crippen LogP contribution in [0, 0.1) is 6.92 Å². The van der Waals surface area contributed by atoms with Crippen molar-refractivity contribution in [2.24, 2.45) is 0 Å². The van der Waals surface area contributed by atoms with E-state index in [4.69, 9.17) is 0 Å². The Morgan fingerprint density at radius 2 is 1.56 bits per heavy atom. The molecule has 0 aliphatic carbocycles. The summed E-state index contributed by atoms with van der Waals surface area (Å²) in [7, 11) is 0. The van der Waals surface area contributed by atoms with Crippen LogP contribution in [-0.4, -0.2) is 22.7 Å². The average Bonchev–Trinajstić information content (AvgIpc) is 2.85. The third-order valence-electron chi connectivity index (χ3n) is 3.28. The number of carbonyl (C=O) groups is 3. The molecule has 0 aliphatic rings. The molecule has 0 saturated heterocycles. The van der Waals surface area contributed by atoms with Gasteiger partial charge in [-0.05, 0) is 31.5 Å². The Balaban J connectivity index is 2.29. The molecule has 1 heterocycles. The van der Waals surface area contributed by atoms with Crippen LogP contribution in [0.15, 0.2) is 18.2 Å². The Hall–Kier alpha value is -2.74. The van der Waals surface area contributed by atoms with E-state index in [1.165, 1.54) is 25.2 Å². The molecule has 1 aromatic heterocycles. The Morgan fingerprint density at radius 3 is 2.00 bits per heavy atom. The molecule has 0 bridgehead atoms. The van der Waals surface area contributed by atoms with Gasteiger partial charge in [0.1, 0.15) is 0 Å². The van der Waals surface area contributed by atoms with Crippen LogP contribution in [0.25, 0.3) is 0 Å². The molecule has 0 aliphatic heterocycles. The number of thiazole rings is 1. The lowest BCUT2D eigenvalue weighted by Crippen LogP contribution is -2.15. The van der Waals surface area contributed by atoms with Gasteiger partial charge in [0.15, 0.2) is 5.13 Å². The molecule has 0 unspecified atom stereocenters. The van der Waals surface area contributed by atoms with E-state index in [1.807, 2.05) is 13.8 Å². The van der Waals surface area contributed by atoms with Gasteiger partial charge in [-0.15, -0.1) is 11.3 Å². The van der Waals surface area contributed by atoms with Crippen LogP contribution in [0.5, 0.6) is 0 Å². The minimum Gasteiger partial charge on any atom is -0.326 e. The van der Waals surface area contributed by atoms with E-state index in [0.29, 0.717) is 22.1 Å². The Morgan fingerprint density at radius 1 is 1.00 bits per heavy atom. The summed E-state index contributed by atoms with van der Waals surface area (Å²) in [5.41, 5.74) is 2.11. The number of amides is 3. The second-order valence-electron chi connectivity index (χ2n) is 5.49. The topological polar surface area (TPSA) is 100 Å². The molecule has 3 amide bonds. The first-order valence-electron chi connectivity index (χ1n) is 7.76. The first-order valence-corrected chi connectivity index (χ1v) is 8.58. The number of carbonyl (C=O) groups excluding carboxylic acids is 3. The number of anilines is 3. The van der Waals surface area contributed by atoms with Gasteiger partial charge in [-0.25, -0.2) is 4.98 Å². The van der Waals surface area contributed by atoms with Gasteiger partial charge >= 0.3 is 0 Å². The summed E-state index contributed by atoms with van der Waals surface area (Å²) in [5, 5.41) is 8.51. The van der Waals surface area contributed by atoms with Gasteiger partial charge in [-0.1, -0.05) is 6.92 Å². The fourth-order valence-corrected chi connectivity index (χ4v) is 3.19. The highest BCUT2D eigenvalue weighted by atomic mass is 32.1. The van der Waals surface area contributed by atoms with Crippen LogP contribution in [0.2, 0.25) is 0 Å². The van der Waals surface area contributed by atoms with Gasteiger partial charge in [-0.3, -0.25) is 19.7 Å². The van der Waals surface area contributed by atoms with E-state index in [0.717, 1.165) is 17.0 Å². The zero-order valence-corrected chi connectivity index (χ0v) is 15.3. The van der Waals surface area contributed by atoms with E-state index in [9.17, 15) is 14.4 Å². The summed E-state index contributed by atoms with van der Waals surface area (Å²) in [6, 6.07) is 4.68. The van der Waals surface area contributed by atoms with E-state index in [1.54, 1.807) is 18.2 Å². The molecule has 3 N–H and O–H groups in total. The van der Waals surface area contributed by atoms with Crippen molar-refractivity contribution in [3.63, 3.8) is 0 Å². The van der Waals surface area contributed by atoms with Crippen molar-refractivity contribution in [1.29, 1.82) is 0 Å². The van der Waals surface area contributed by atoms with Crippen molar-refractivity contribution in [1.82, 2.24) is 4.98 Å². The Labute approximate surface area is 149 Å². The maximum atomic E-state index is 12.5. The highest BCUT2D eigenvalue weighted by Crippen LogP contribution is 2.24. The lowest BCUT2D eigenvalue weighted by atomic mass is 10.1. The highest BCUT2D eigenvalue weighted by Gasteiger charge is 2.14. The summed E-state index contributed by atoms with van der Waals surface area (Å²) in [6.07, 6.45) is 0.795. The SMILES string of the molecule is CCc1nc(NC(=O)c2cc(NC(C)=O)cc(NC(C)=O)c2)sc1C. The zero-order chi connectivity index (χ0) is 18.6. The second-order valence-corrected chi connectivity index (χ2v) is 6.69. The molecule has 0 saturated carbocycles. The Kier molecular flexibility index (Phi) is 5.87. The molecule has 25 heavy (non-hydrogen) atoms. The maximum Gasteiger partial charge on any atom is 0.257 e. The van der Waals surface area contributed by atoms with Crippen molar-refractivity contribution in [2.75, 3.05) is 16.0 Å². The first kappa shape index (κ1) is 18.6. The molecule has 0 radical (unpaired) electrons. The van der Waals surface area contributed by atoms with E-state index >= 15 is 0 Å². The molecule has 7 nitrogen and oxygen atoms in total. The molecule has 0 atom stereocenters. The number of nitrogens with zero attached hydrogens (tertiary/aromatic N) is 1. The standard InChI is InChI=1S/C17H20N4O3S/c1-5-15-9(2)25-17(20-15)21-16(24)12-6-13(18-10(3)22)8-14(7-12)19-11(4)23/h6-8H,5H2,1-4H3,(H,18,22)(H,19,23)(H,20,21,24). The molecule has 2 rings (SSSR count). The number of hydrogen-bond acceptors (Lipinski definition) is 5. The lowest BCUT2D eigenvalue weighted by Gasteiger charge is -2.10. The number of hydrogen-bond donors (Lipinski definition) is 3. The van der Waals surface area contributed by atoms with Gasteiger partial charge in [0.05, 0.1) is 5.69 Å². The molecule has 1 aromatic carbocycles. The predicted octanol–water partition coefficient (Wildman–Crippen LogP) is 3.18. The van der Waals surface area contributed by atoms with Gasteiger partial charge in [0.25, 0.3) is 5.91 Å². The minimum atomic E-state index is -0.366. The number of aromatic nitrogens is 1. The summed E-state index contributed by atoms with van der Waals surface area (Å²) < 4.78 is 0. The number of nitrogens with one attached hydrogen (secondary N) is 3. The third-order valence-corrected chi connectivity index (χ3v) is 4.21. The molecule has 0 spiro atoms. The Bertz CT molecular complexity index is 795. The summed E-state index contributed by atoms with van der Waals surface area (Å²) in [5.74, 6) is -0.904. The van der Waals surface area contributed by atoms with E-state index in [-0.39, 0.29) is 17.7 Å². The molecule has 2 aromatic rings. The molecular formula is C17H20N4O3S. The lowest BCUT2D eigenvalue weighted by molar-refractivity contribution is -0.115. The van der Waals surface area contributed by atoms with Gasteiger partial charge in [-0.2, -0.15) is 0 Å². The van der Waals surface area contributed by atoms with Crippen LogP contribution < -0.4 is 16.0 Å². The molecule has 0 fully saturated rings. The molecule has 132 valence electrons. The average molecular weight is 360 g/mol. The van der Waals surface area contributed by atoms with Crippen molar-refractivity contribution < 1.29 is 14.4 Å². The monoisotopic (exact) mass is 360 g/mol. The summed E-state index contributed by atoms with van der Waals surface area (Å²) in [6.45, 7) is 6.70. The summed E-state index contributed by atoms with van der Waals surface area (Å²) >= 11 is 1.41. The minimum absolute atomic E-state index is 0.269. The smallest absolute Gasteiger partial charge is 0.257 e.